The highest BCUT2D eigenvalue weighted by atomic mass is 79.9. The number of aryl methyl sites for hydroxylation is 2. The first-order chi connectivity index (χ1) is 15.9. The first kappa shape index (κ1) is 24.0. The number of benzene rings is 3. The first-order valence-electron chi connectivity index (χ1n) is 10.0. The normalized spacial score (nSPS) is 10.7. The van der Waals surface area contributed by atoms with Crippen LogP contribution in [0.25, 0.3) is 0 Å². The zero-order valence-corrected chi connectivity index (χ0v) is 20.0. The molecule has 0 spiro atoms. The van der Waals surface area contributed by atoms with Gasteiger partial charge in [0.2, 0.25) is 0 Å². The van der Waals surface area contributed by atoms with Crippen LogP contribution in [0.15, 0.2) is 70.2 Å². The number of carbonyl (C=O) groups excluding carboxylic acids is 2. The van der Waals surface area contributed by atoms with Gasteiger partial charge in [-0.3, -0.25) is 4.79 Å². The molecule has 0 saturated carbocycles. The fourth-order valence-corrected chi connectivity index (χ4v) is 3.80. The number of hydrazone groups is 1. The Bertz CT molecular complexity index is 1160. The molecule has 0 aliphatic carbocycles. The minimum absolute atomic E-state index is 0.183. The molecule has 0 fully saturated rings. The van der Waals surface area contributed by atoms with Crippen molar-refractivity contribution in [2.45, 2.75) is 13.8 Å². The lowest BCUT2D eigenvalue weighted by atomic mass is 10.1. The summed E-state index contributed by atoms with van der Waals surface area (Å²) < 4.78 is 17.1. The average Bonchev–Trinajstić information content (AvgIpc) is 2.79. The van der Waals surface area contributed by atoms with Crippen molar-refractivity contribution in [3.8, 4) is 17.2 Å². The number of nitrogens with one attached hydrogen (secondary N) is 1. The van der Waals surface area contributed by atoms with Crippen LogP contribution in [0.2, 0.25) is 0 Å². The van der Waals surface area contributed by atoms with Crippen LogP contribution < -0.4 is 19.6 Å². The molecule has 33 heavy (non-hydrogen) atoms. The van der Waals surface area contributed by atoms with E-state index in [4.69, 9.17) is 14.2 Å². The van der Waals surface area contributed by atoms with Crippen LogP contribution in [0.4, 0.5) is 0 Å². The number of halogens is 1. The maximum Gasteiger partial charge on any atom is 0.343 e. The molecule has 0 aromatic heterocycles. The van der Waals surface area contributed by atoms with Gasteiger partial charge in [-0.05, 0) is 82.9 Å². The molecule has 0 saturated heterocycles. The lowest BCUT2D eigenvalue weighted by Gasteiger charge is -2.11. The minimum atomic E-state index is -0.488. The quantitative estimate of drug-likeness (QED) is 0.203. The monoisotopic (exact) mass is 510 g/mol. The molecule has 7 nitrogen and oxygen atoms in total. The van der Waals surface area contributed by atoms with Gasteiger partial charge in [0.05, 0.1) is 23.4 Å². The third-order valence-electron chi connectivity index (χ3n) is 4.52. The number of amides is 1. The van der Waals surface area contributed by atoms with Gasteiger partial charge in [-0.15, -0.1) is 0 Å². The van der Waals surface area contributed by atoms with Gasteiger partial charge in [-0.2, -0.15) is 5.10 Å². The second kappa shape index (κ2) is 11.3. The fraction of sp³-hybridized carbons (Fsp3) is 0.160. The van der Waals surface area contributed by atoms with Crippen molar-refractivity contribution < 1.29 is 23.8 Å². The van der Waals surface area contributed by atoms with Gasteiger partial charge in [0.1, 0.15) is 5.75 Å². The summed E-state index contributed by atoms with van der Waals surface area (Å²) in [4.78, 5) is 24.4. The van der Waals surface area contributed by atoms with Crippen LogP contribution in [0, 0.1) is 13.8 Å². The second-order valence-electron chi connectivity index (χ2n) is 7.14. The Hall–Kier alpha value is -3.65. The van der Waals surface area contributed by atoms with E-state index in [0.717, 1.165) is 15.6 Å². The number of esters is 1. The average molecular weight is 511 g/mol. The van der Waals surface area contributed by atoms with Crippen LogP contribution in [0.3, 0.4) is 0 Å². The molecule has 0 aliphatic heterocycles. The summed E-state index contributed by atoms with van der Waals surface area (Å²) in [5, 5.41) is 3.95. The van der Waals surface area contributed by atoms with E-state index in [0.29, 0.717) is 22.6 Å². The number of hydrogen-bond acceptors (Lipinski definition) is 6. The van der Waals surface area contributed by atoms with Gasteiger partial charge in [0.25, 0.3) is 5.91 Å². The Kier molecular flexibility index (Phi) is 8.21. The molecular formula is C25H23BrN2O5. The summed E-state index contributed by atoms with van der Waals surface area (Å²) in [5.41, 5.74) is 5.52. The van der Waals surface area contributed by atoms with E-state index < -0.39 is 11.9 Å². The summed E-state index contributed by atoms with van der Waals surface area (Å²) in [6.45, 7) is 3.71. The van der Waals surface area contributed by atoms with Crippen LogP contribution >= 0.6 is 15.9 Å². The largest absolute Gasteiger partial charge is 0.493 e. The Labute approximate surface area is 200 Å². The number of rotatable bonds is 8. The molecule has 0 heterocycles. The molecule has 0 radical (unpaired) electrons. The van der Waals surface area contributed by atoms with Crippen molar-refractivity contribution in [3.63, 3.8) is 0 Å². The van der Waals surface area contributed by atoms with E-state index in [9.17, 15) is 9.59 Å². The number of ether oxygens (including phenoxy) is 3. The molecule has 0 atom stereocenters. The molecule has 1 N–H and O–H groups in total. The Morgan fingerprint density at radius 3 is 2.48 bits per heavy atom. The van der Waals surface area contributed by atoms with E-state index in [1.165, 1.54) is 13.3 Å². The Balaban J connectivity index is 1.57. The van der Waals surface area contributed by atoms with Crippen molar-refractivity contribution in [2.24, 2.45) is 5.10 Å². The lowest BCUT2D eigenvalue weighted by Crippen LogP contribution is -2.24. The van der Waals surface area contributed by atoms with E-state index in [1.54, 1.807) is 42.5 Å². The van der Waals surface area contributed by atoms with Gasteiger partial charge >= 0.3 is 5.97 Å². The third-order valence-corrected chi connectivity index (χ3v) is 5.11. The highest BCUT2D eigenvalue weighted by Gasteiger charge is 2.13. The van der Waals surface area contributed by atoms with E-state index in [1.807, 2.05) is 32.0 Å². The number of carbonyl (C=O) groups is 2. The van der Waals surface area contributed by atoms with Crippen LogP contribution in [-0.2, 0) is 4.79 Å². The van der Waals surface area contributed by atoms with E-state index in [2.05, 4.69) is 26.5 Å². The van der Waals surface area contributed by atoms with Crippen LogP contribution in [0.1, 0.15) is 27.0 Å². The molecule has 0 unspecified atom stereocenters. The van der Waals surface area contributed by atoms with Gasteiger partial charge in [0, 0.05) is 0 Å². The summed E-state index contributed by atoms with van der Waals surface area (Å²) in [6, 6.07) is 17.5. The maximum atomic E-state index is 12.3. The van der Waals surface area contributed by atoms with Crippen molar-refractivity contribution in [1.82, 2.24) is 5.43 Å². The zero-order valence-electron chi connectivity index (χ0n) is 18.4. The molecule has 3 aromatic carbocycles. The summed E-state index contributed by atoms with van der Waals surface area (Å²) in [5.74, 6) is 0.360. The predicted molar refractivity (Wildman–Crippen MR) is 129 cm³/mol. The lowest BCUT2D eigenvalue weighted by molar-refractivity contribution is -0.123. The predicted octanol–water partition coefficient (Wildman–Crippen LogP) is 4.82. The second-order valence-corrected chi connectivity index (χ2v) is 7.99. The third kappa shape index (κ3) is 6.66. The molecule has 0 aliphatic rings. The number of hydrogen-bond donors (Lipinski definition) is 1. The highest BCUT2D eigenvalue weighted by molar-refractivity contribution is 9.10. The molecule has 3 rings (SSSR count). The van der Waals surface area contributed by atoms with Gasteiger partial charge in [-0.25, -0.2) is 10.2 Å². The SMILES string of the molecule is COc1cc(/C=N\NC(=O)COc2c(C)cc(C)cc2Br)ccc1OC(=O)c1ccccc1. The maximum absolute atomic E-state index is 12.3. The van der Waals surface area contributed by atoms with Crippen molar-refractivity contribution >= 4 is 34.0 Å². The first-order valence-corrected chi connectivity index (χ1v) is 10.8. The number of nitrogens with zero attached hydrogens (tertiary/aromatic N) is 1. The molecule has 170 valence electrons. The molecule has 1 amide bonds. The fourth-order valence-electron chi connectivity index (χ4n) is 3.02. The smallest absolute Gasteiger partial charge is 0.343 e. The molecular weight excluding hydrogens is 488 g/mol. The van der Waals surface area contributed by atoms with E-state index >= 15 is 0 Å². The minimum Gasteiger partial charge on any atom is -0.493 e. The van der Waals surface area contributed by atoms with Gasteiger partial charge in [-0.1, -0.05) is 24.3 Å². The molecule has 8 heteroatoms. The molecule has 3 aromatic rings. The van der Waals surface area contributed by atoms with Crippen molar-refractivity contribution in [3.05, 3.63) is 87.4 Å². The molecule has 0 bridgehead atoms. The van der Waals surface area contributed by atoms with Crippen molar-refractivity contribution in [1.29, 1.82) is 0 Å². The van der Waals surface area contributed by atoms with Crippen LogP contribution in [0.5, 0.6) is 17.2 Å². The van der Waals surface area contributed by atoms with Gasteiger partial charge in [0.15, 0.2) is 18.1 Å². The zero-order chi connectivity index (χ0) is 23.8. The summed E-state index contributed by atoms with van der Waals surface area (Å²) >= 11 is 3.45. The highest BCUT2D eigenvalue weighted by Crippen LogP contribution is 2.30. The Morgan fingerprint density at radius 2 is 1.79 bits per heavy atom. The number of methoxy groups -OCH3 is 1. The summed E-state index contributed by atoms with van der Waals surface area (Å²) in [6.07, 6.45) is 1.45. The van der Waals surface area contributed by atoms with Crippen LogP contribution in [-0.4, -0.2) is 31.8 Å². The van der Waals surface area contributed by atoms with Gasteiger partial charge < -0.3 is 14.2 Å². The van der Waals surface area contributed by atoms with E-state index in [-0.39, 0.29) is 12.4 Å². The Morgan fingerprint density at radius 1 is 1.03 bits per heavy atom. The van der Waals surface area contributed by atoms with Crippen molar-refractivity contribution in [2.75, 3.05) is 13.7 Å². The summed E-state index contributed by atoms with van der Waals surface area (Å²) in [7, 11) is 1.47. The topological polar surface area (TPSA) is 86.2 Å². The standard InChI is InChI=1S/C25H23BrN2O5/c1-16-11-17(2)24(20(26)12-16)32-15-23(29)28-27-14-18-9-10-21(22(13-18)31-3)33-25(30)19-7-5-4-6-8-19/h4-14H,15H2,1-3H3,(H,28,29)/b27-14-.